The molecule has 0 atom stereocenters. The molecule has 0 amide bonds. The maximum absolute atomic E-state index is 5.31. The molecule has 0 aliphatic heterocycles. The molecule has 0 aliphatic rings. The van der Waals surface area contributed by atoms with E-state index in [1.807, 2.05) is 0 Å². The molecule has 100 valence electrons. The first kappa shape index (κ1) is 18.3. The first-order valence-electron chi connectivity index (χ1n) is 6.94. The zero-order chi connectivity index (χ0) is 12.8. The lowest BCUT2D eigenvalue weighted by molar-refractivity contribution is 0.541. The molecule has 0 aromatic carbocycles. The summed E-state index contributed by atoms with van der Waals surface area (Å²) in [4.78, 5) is 0. The van der Waals surface area contributed by atoms with Crippen LogP contribution in [0.15, 0.2) is 0 Å². The smallest absolute Gasteiger partial charge is 0.00773 e. The van der Waals surface area contributed by atoms with E-state index in [1.165, 1.54) is 38.5 Å². The molecule has 4 N–H and O–H groups in total. The number of hydrogen-bond acceptors (Lipinski definition) is 2. The van der Waals surface area contributed by atoms with Crippen LogP contribution in [0.1, 0.15) is 66.2 Å². The lowest BCUT2D eigenvalue weighted by Crippen LogP contribution is -1.98. The van der Waals surface area contributed by atoms with Crippen molar-refractivity contribution < 1.29 is 0 Å². The predicted octanol–water partition coefficient (Wildman–Crippen LogP) is 3.54. The molecule has 2 heteroatoms. The zero-order valence-electron chi connectivity index (χ0n) is 12.0. The molecule has 0 aromatic rings. The third-order valence-corrected chi connectivity index (χ3v) is 2.47. The van der Waals surface area contributed by atoms with E-state index in [-0.39, 0.29) is 0 Å². The monoisotopic (exact) mass is 230 g/mol. The fourth-order valence-corrected chi connectivity index (χ4v) is 1.39. The van der Waals surface area contributed by atoms with Crippen LogP contribution in [-0.4, -0.2) is 13.1 Å². The molecule has 0 saturated heterocycles. The quantitative estimate of drug-likeness (QED) is 0.627. The van der Waals surface area contributed by atoms with Crippen LogP contribution in [0.3, 0.4) is 0 Å². The van der Waals surface area contributed by atoms with Gasteiger partial charge in [-0.25, -0.2) is 0 Å². The van der Waals surface area contributed by atoms with Crippen LogP contribution in [0, 0.1) is 11.8 Å². The first-order valence-corrected chi connectivity index (χ1v) is 6.94. The van der Waals surface area contributed by atoms with Gasteiger partial charge in [-0.1, -0.05) is 53.4 Å². The normalized spacial score (nSPS) is 10.5. The van der Waals surface area contributed by atoms with Crippen LogP contribution in [0.2, 0.25) is 0 Å². The van der Waals surface area contributed by atoms with Crippen molar-refractivity contribution in [2.45, 2.75) is 66.2 Å². The van der Waals surface area contributed by atoms with Crippen LogP contribution in [0.25, 0.3) is 0 Å². The summed E-state index contributed by atoms with van der Waals surface area (Å²) < 4.78 is 0. The van der Waals surface area contributed by atoms with Crippen molar-refractivity contribution in [1.29, 1.82) is 0 Å². The summed E-state index contributed by atoms with van der Waals surface area (Å²) in [6.45, 7) is 10.7. The topological polar surface area (TPSA) is 52.0 Å². The summed E-state index contributed by atoms with van der Waals surface area (Å²) in [6, 6.07) is 0. The molecule has 0 aliphatic carbocycles. The molecule has 0 saturated carbocycles. The van der Waals surface area contributed by atoms with E-state index in [0.717, 1.165) is 24.9 Å². The summed E-state index contributed by atoms with van der Waals surface area (Å²) >= 11 is 0. The van der Waals surface area contributed by atoms with Crippen molar-refractivity contribution in [2.24, 2.45) is 23.3 Å². The van der Waals surface area contributed by atoms with Gasteiger partial charge in [-0.05, 0) is 37.8 Å². The van der Waals surface area contributed by atoms with Crippen LogP contribution in [0.5, 0.6) is 0 Å². The molecule has 0 spiro atoms. The van der Waals surface area contributed by atoms with Crippen molar-refractivity contribution in [3.8, 4) is 0 Å². The van der Waals surface area contributed by atoms with Crippen molar-refractivity contribution in [2.75, 3.05) is 13.1 Å². The summed E-state index contributed by atoms with van der Waals surface area (Å²) in [6.07, 6.45) is 7.65. The Morgan fingerprint density at radius 2 is 0.938 bits per heavy atom. The van der Waals surface area contributed by atoms with Gasteiger partial charge in [0.25, 0.3) is 0 Å². The third kappa shape index (κ3) is 23.6. The molecule has 2 nitrogen and oxygen atoms in total. The van der Waals surface area contributed by atoms with Crippen LogP contribution in [0.4, 0.5) is 0 Å². The predicted molar refractivity (Wildman–Crippen MR) is 75.5 cm³/mol. The molecule has 0 heterocycles. The molecule has 0 radical (unpaired) electrons. The highest BCUT2D eigenvalue weighted by molar-refractivity contribution is 4.46. The Morgan fingerprint density at radius 1 is 0.625 bits per heavy atom. The van der Waals surface area contributed by atoms with Gasteiger partial charge in [-0.15, -0.1) is 0 Å². The van der Waals surface area contributed by atoms with E-state index in [2.05, 4.69) is 27.7 Å². The largest absolute Gasteiger partial charge is 0.330 e. The molecule has 0 rings (SSSR count). The maximum atomic E-state index is 5.31. The van der Waals surface area contributed by atoms with E-state index < -0.39 is 0 Å². The molecular formula is C14H34N2. The van der Waals surface area contributed by atoms with Crippen LogP contribution in [-0.2, 0) is 0 Å². The maximum Gasteiger partial charge on any atom is -0.00773 e. The number of rotatable bonds is 8. The van der Waals surface area contributed by atoms with Crippen molar-refractivity contribution in [1.82, 2.24) is 0 Å². The Morgan fingerprint density at radius 3 is 1.12 bits per heavy atom. The second-order valence-corrected chi connectivity index (χ2v) is 5.36. The van der Waals surface area contributed by atoms with Crippen molar-refractivity contribution in [3.63, 3.8) is 0 Å². The van der Waals surface area contributed by atoms with Crippen molar-refractivity contribution >= 4 is 0 Å². The van der Waals surface area contributed by atoms with Gasteiger partial charge in [0.15, 0.2) is 0 Å². The summed E-state index contributed by atoms with van der Waals surface area (Å²) in [5.74, 6) is 1.70. The van der Waals surface area contributed by atoms with Crippen LogP contribution >= 0.6 is 0 Å². The lowest BCUT2D eigenvalue weighted by Gasteiger charge is -2.00. The Labute approximate surface area is 103 Å². The Balaban J connectivity index is 0. The van der Waals surface area contributed by atoms with E-state index in [0.29, 0.717) is 0 Å². The second kappa shape index (κ2) is 14.9. The van der Waals surface area contributed by atoms with Crippen molar-refractivity contribution in [3.05, 3.63) is 0 Å². The molecule has 0 unspecified atom stereocenters. The number of unbranched alkanes of at least 4 members (excludes halogenated alkanes) is 2. The van der Waals surface area contributed by atoms with Gasteiger partial charge in [-0.2, -0.15) is 0 Å². The molecule has 0 fully saturated rings. The highest BCUT2D eigenvalue weighted by Crippen LogP contribution is 2.04. The third-order valence-electron chi connectivity index (χ3n) is 2.47. The lowest BCUT2D eigenvalue weighted by atomic mass is 10.1. The number of hydrogen-bond donors (Lipinski definition) is 2. The average molecular weight is 230 g/mol. The second-order valence-electron chi connectivity index (χ2n) is 5.36. The van der Waals surface area contributed by atoms with Crippen LogP contribution < -0.4 is 11.5 Å². The Bertz CT molecular complexity index is 97.3. The summed E-state index contributed by atoms with van der Waals surface area (Å²) in [5, 5.41) is 0. The average Bonchev–Trinajstić information content (AvgIpc) is 2.18. The minimum atomic E-state index is 0.849. The van der Waals surface area contributed by atoms with E-state index >= 15 is 0 Å². The highest BCUT2D eigenvalue weighted by atomic mass is 14.5. The van der Waals surface area contributed by atoms with Gasteiger partial charge in [0.1, 0.15) is 0 Å². The van der Waals surface area contributed by atoms with E-state index in [1.54, 1.807) is 0 Å². The van der Waals surface area contributed by atoms with Gasteiger partial charge in [0.2, 0.25) is 0 Å². The first-order chi connectivity index (χ1) is 7.54. The molecule has 0 aromatic heterocycles. The number of nitrogens with two attached hydrogens (primary N) is 2. The van der Waals surface area contributed by atoms with Gasteiger partial charge >= 0.3 is 0 Å². The zero-order valence-corrected chi connectivity index (χ0v) is 12.0. The minimum absolute atomic E-state index is 0.849. The summed E-state index contributed by atoms with van der Waals surface area (Å²) in [7, 11) is 0. The minimum Gasteiger partial charge on any atom is -0.330 e. The fraction of sp³-hybridized carbons (Fsp3) is 1.00. The summed E-state index contributed by atoms with van der Waals surface area (Å²) in [5.41, 5.74) is 10.6. The van der Waals surface area contributed by atoms with Gasteiger partial charge in [-0.3, -0.25) is 0 Å². The van der Waals surface area contributed by atoms with Gasteiger partial charge in [0, 0.05) is 0 Å². The standard InChI is InChI=1S/2C7H17N/c2*1-7(2)5-3-4-6-8/h2*7H,3-6,8H2,1-2H3. The Kier molecular flexibility index (Phi) is 17.1. The molecule has 16 heavy (non-hydrogen) atoms. The Hall–Kier alpha value is -0.0800. The van der Waals surface area contributed by atoms with Gasteiger partial charge < -0.3 is 11.5 Å². The van der Waals surface area contributed by atoms with E-state index in [4.69, 9.17) is 11.5 Å². The molecule has 0 bridgehead atoms. The fourth-order valence-electron chi connectivity index (χ4n) is 1.39. The highest BCUT2D eigenvalue weighted by Gasteiger charge is 1.91. The van der Waals surface area contributed by atoms with E-state index in [9.17, 15) is 0 Å². The molecular weight excluding hydrogens is 196 g/mol. The SMILES string of the molecule is CC(C)CCCCN.CC(C)CCCCN. The van der Waals surface area contributed by atoms with Gasteiger partial charge in [0.05, 0.1) is 0 Å².